The summed E-state index contributed by atoms with van der Waals surface area (Å²) in [5.41, 5.74) is 0.734. The molecule has 0 fully saturated rings. The number of ether oxygens (including phenoxy) is 2. The number of halogens is 1. The highest BCUT2D eigenvalue weighted by Crippen LogP contribution is 2.27. The smallest absolute Gasteiger partial charge is 0.410 e. The van der Waals surface area contributed by atoms with Crippen LogP contribution in [-0.2, 0) is 9.53 Å². The number of anilines is 1. The monoisotopic (exact) mass is 443 g/mol. The first-order chi connectivity index (χ1) is 15.1. The Bertz CT molecular complexity index is 1140. The predicted molar refractivity (Wildman–Crippen MR) is 117 cm³/mol. The molecule has 3 aromatic rings. The highest BCUT2D eigenvalue weighted by Gasteiger charge is 2.21. The lowest BCUT2D eigenvalue weighted by atomic mass is 10.1. The molecule has 0 aliphatic rings. The zero-order valence-corrected chi connectivity index (χ0v) is 18.7. The molecule has 1 aromatic carbocycles. The predicted octanol–water partition coefficient (Wildman–Crippen LogP) is 3.74. The van der Waals surface area contributed by atoms with Crippen LogP contribution in [-0.4, -0.2) is 57.3 Å². The number of nitrogens with zero attached hydrogens (tertiary/aromatic N) is 4. The molecule has 2 heterocycles. The van der Waals surface area contributed by atoms with Gasteiger partial charge in [0, 0.05) is 24.4 Å². The van der Waals surface area contributed by atoms with Crippen molar-refractivity contribution in [2.75, 3.05) is 25.5 Å². The van der Waals surface area contributed by atoms with E-state index in [1.807, 2.05) is 6.92 Å². The van der Waals surface area contributed by atoms with Gasteiger partial charge >= 0.3 is 6.09 Å². The van der Waals surface area contributed by atoms with Gasteiger partial charge in [0.2, 0.25) is 11.9 Å². The summed E-state index contributed by atoms with van der Waals surface area (Å²) in [6, 6.07) is 7.90. The van der Waals surface area contributed by atoms with Crippen molar-refractivity contribution in [1.82, 2.24) is 19.5 Å². The Hall–Kier alpha value is -3.69. The molecule has 3 rings (SSSR count). The van der Waals surface area contributed by atoms with Gasteiger partial charge in [0.1, 0.15) is 23.7 Å². The van der Waals surface area contributed by atoms with Crippen LogP contribution in [0.1, 0.15) is 27.7 Å². The lowest BCUT2D eigenvalue weighted by molar-refractivity contribution is -0.117. The van der Waals surface area contributed by atoms with Crippen molar-refractivity contribution < 1.29 is 23.5 Å². The Labute approximate surface area is 185 Å². The summed E-state index contributed by atoms with van der Waals surface area (Å²) >= 11 is 0. The van der Waals surface area contributed by atoms with Crippen molar-refractivity contribution in [3.63, 3.8) is 0 Å². The number of rotatable bonds is 6. The number of aromatic nitrogens is 3. The highest BCUT2D eigenvalue weighted by molar-refractivity contribution is 5.92. The zero-order valence-electron chi connectivity index (χ0n) is 18.7. The molecule has 0 saturated heterocycles. The second-order valence-electron chi connectivity index (χ2n) is 8.12. The number of hydrogen-bond acceptors (Lipinski definition) is 6. The maximum atomic E-state index is 14.4. The summed E-state index contributed by atoms with van der Waals surface area (Å²) in [4.78, 5) is 29.7. The van der Waals surface area contributed by atoms with E-state index in [-0.39, 0.29) is 12.5 Å². The Morgan fingerprint density at radius 2 is 1.97 bits per heavy atom. The van der Waals surface area contributed by atoms with Gasteiger partial charge in [-0.05, 0) is 58.0 Å². The summed E-state index contributed by atoms with van der Waals surface area (Å²) in [5.74, 6) is -0.255. The van der Waals surface area contributed by atoms with Gasteiger partial charge in [-0.3, -0.25) is 10.1 Å². The van der Waals surface area contributed by atoms with E-state index in [4.69, 9.17) is 9.47 Å². The van der Waals surface area contributed by atoms with E-state index in [1.54, 1.807) is 51.2 Å². The first kappa shape index (κ1) is 23.0. The van der Waals surface area contributed by atoms with Gasteiger partial charge in [-0.2, -0.15) is 4.98 Å². The fraction of sp³-hybridized carbons (Fsp3) is 0.364. The molecular formula is C22H26FN5O4. The number of amides is 2. The summed E-state index contributed by atoms with van der Waals surface area (Å²) in [5, 5.41) is 6.77. The fourth-order valence-electron chi connectivity index (χ4n) is 2.86. The van der Waals surface area contributed by atoms with Crippen molar-refractivity contribution >= 4 is 23.6 Å². The molecule has 0 bridgehead atoms. The molecular weight excluding hydrogens is 417 g/mol. The third-order valence-electron chi connectivity index (χ3n) is 4.23. The van der Waals surface area contributed by atoms with Crippen LogP contribution in [0.4, 0.5) is 15.1 Å². The van der Waals surface area contributed by atoms with E-state index in [0.717, 1.165) is 4.90 Å². The average Bonchev–Trinajstić information content (AvgIpc) is 3.09. The van der Waals surface area contributed by atoms with Crippen molar-refractivity contribution in [2.24, 2.45) is 0 Å². The number of likely N-dealkylation sites (N-methyl/N-ethyl adjacent to an activating group) is 1. The van der Waals surface area contributed by atoms with E-state index in [0.29, 0.717) is 29.1 Å². The molecule has 0 unspecified atom stereocenters. The zero-order chi connectivity index (χ0) is 23.5. The van der Waals surface area contributed by atoms with Crippen LogP contribution < -0.4 is 10.1 Å². The molecule has 1 N–H and O–H groups in total. The molecule has 32 heavy (non-hydrogen) atoms. The maximum Gasteiger partial charge on any atom is 0.410 e. The molecule has 0 atom stereocenters. The Morgan fingerprint density at radius 3 is 2.66 bits per heavy atom. The summed E-state index contributed by atoms with van der Waals surface area (Å²) < 4.78 is 26.5. The lowest BCUT2D eigenvalue weighted by Gasteiger charge is -2.24. The lowest BCUT2D eigenvalue weighted by Crippen LogP contribution is -2.38. The van der Waals surface area contributed by atoms with Gasteiger partial charge < -0.3 is 14.4 Å². The standard InChI is InChI=1S/C22H26FN5O4/c1-6-31-15-8-9-17(23)16(11-15)14-7-10-18-24-20(26-28(18)12-14)25-19(29)13-27(5)21(30)32-22(2,3)4/h7-12H,6,13H2,1-5H3,(H,25,26,29). The van der Waals surface area contributed by atoms with Crippen LogP contribution in [0, 0.1) is 5.82 Å². The van der Waals surface area contributed by atoms with Crippen molar-refractivity contribution in [2.45, 2.75) is 33.3 Å². The number of carbonyl (C=O) groups excluding carboxylic acids is 2. The number of carbonyl (C=O) groups is 2. The molecule has 0 saturated carbocycles. The minimum absolute atomic E-state index is 0.0632. The van der Waals surface area contributed by atoms with Gasteiger partial charge in [-0.15, -0.1) is 5.10 Å². The van der Waals surface area contributed by atoms with E-state index < -0.39 is 23.4 Å². The second kappa shape index (κ2) is 9.21. The van der Waals surface area contributed by atoms with Crippen LogP contribution in [0.3, 0.4) is 0 Å². The molecule has 0 spiro atoms. The Balaban J connectivity index is 1.73. The van der Waals surface area contributed by atoms with Crippen LogP contribution in [0.15, 0.2) is 36.5 Å². The molecule has 170 valence electrons. The quantitative estimate of drug-likeness (QED) is 0.623. The molecule has 0 radical (unpaired) electrons. The SMILES string of the molecule is CCOc1ccc(F)c(-c2ccc3nc(NC(=O)CN(C)C(=O)OC(C)(C)C)nn3c2)c1. The Morgan fingerprint density at radius 1 is 1.22 bits per heavy atom. The van der Waals surface area contributed by atoms with Gasteiger partial charge in [-0.25, -0.2) is 13.7 Å². The molecule has 0 aliphatic heterocycles. The third kappa shape index (κ3) is 5.71. The van der Waals surface area contributed by atoms with E-state index >= 15 is 0 Å². The third-order valence-corrected chi connectivity index (χ3v) is 4.23. The molecule has 2 aromatic heterocycles. The van der Waals surface area contributed by atoms with Gasteiger partial charge in [0.25, 0.3) is 0 Å². The van der Waals surface area contributed by atoms with Crippen molar-refractivity contribution in [1.29, 1.82) is 0 Å². The van der Waals surface area contributed by atoms with Crippen molar-refractivity contribution in [3.05, 3.63) is 42.3 Å². The number of pyridine rings is 1. The van der Waals surface area contributed by atoms with Crippen molar-refractivity contribution in [3.8, 4) is 16.9 Å². The van der Waals surface area contributed by atoms with Gasteiger partial charge in [0.15, 0.2) is 5.65 Å². The van der Waals surface area contributed by atoms with Gasteiger partial charge in [-0.1, -0.05) is 0 Å². The maximum absolute atomic E-state index is 14.4. The Kier molecular flexibility index (Phi) is 6.61. The normalized spacial score (nSPS) is 11.3. The molecule has 10 heteroatoms. The topological polar surface area (TPSA) is 98.1 Å². The summed E-state index contributed by atoms with van der Waals surface area (Å²) in [7, 11) is 1.46. The number of benzene rings is 1. The number of fused-ring (bicyclic) bond motifs is 1. The fourth-order valence-corrected chi connectivity index (χ4v) is 2.86. The van der Waals surface area contributed by atoms with E-state index in [2.05, 4.69) is 15.4 Å². The highest BCUT2D eigenvalue weighted by atomic mass is 19.1. The second-order valence-corrected chi connectivity index (χ2v) is 8.12. The summed E-state index contributed by atoms with van der Waals surface area (Å²) in [6.07, 6.45) is 0.996. The van der Waals surface area contributed by atoms with E-state index in [1.165, 1.54) is 17.6 Å². The minimum atomic E-state index is -0.662. The molecule has 2 amide bonds. The van der Waals surface area contributed by atoms with Crippen LogP contribution in [0.5, 0.6) is 5.75 Å². The summed E-state index contributed by atoms with van der Waals surface area (Å²) in [6.45, 7) is 7.32. The molecule has 9 nitrogen and oxygen atoms in total. The van der Waals surface area contributed by atoms with Crippen LogP contribution in [0.2, 0.25) is 0 Å². The average molecular weight is 443 g/mol. The van der Waals surface area contributed by atoms with E-state index in [9.17, 15) is 14.0 Å². The number of nitrogens with one attached hydrogen (secondary N) is 1. The minimum Gasteiger partial charge on any atom is -0.494 e. The van der Waals surface area contributed by atoms with Gasteiger partial charge in [0.05, 0.1) is 6.61 Å². The first-order valence-electron chi connectivity index (χ1n) is 10.1. The van der Waals surface area contributed by atoms with Crippen LogP contribution >= 0.6 is 0 Å². The number of hydrogen-bond donors (Lipinski definition) is 1. The first-order valence-corrected chi connectivity index (χ1v) is 10.1. The van der Waals surface area contributed by atoms with Crippen LogP contribution in [0.25, 0.3) is 16.8 Å². The molecule has 0 aliphatic carbocycles. The largest absolute Gasteiger partial charge is 0.494 e.